The first-order valence-corrected chi connectivity index (χ1v) is 8.31. The van der Waals surface area contributed by atoms with Gasteiger partial charge in [0.15, 0.2) is 0 Å². The molecule has 4 rings (SSSR count). The van der Waals surface area contributed by atoms with E-state index < -0.39 is 4.92 Å². The number of thioether (sulfide) groups is 1. The number of hydrogen-bond acceptors (Lipinski definition) is 5. The number of Topliss-reactive ketones (excluding diaryl/α,β-unsaturated/α-hetero) is 1. The maximum Gasteiger partial charge on any atom is 0.270 e. The largest absolute Gasteiger partial charge is 0.457 e. The van der Waals surface area contributed by atoms with Crippen LogP contribution < -0.4 is 0 Å². The fourth-order valence-corrected chi connectivity index (χ4v) is 3.66. The van der Waals surface area contributed by atoms with Crippen molar-refractivity contribution in [3.05, 3.63) is 87.0 Å². The molecule has 25 heavy (non-hydrogen) atoms. The van der Waals surface area contributed by atoms with Crippen molar-refractivity contribution in [3.8, 4) is 11.3 Å². The Labute approximate surface area is 147 Å². The summed E-state index contributed by atoms with van der Waals surface area (Å²) in [4.78, 5) is 24.4. The number of rotatable bonds is 3. The van der Waals surface area contributed by atoms with Gasteiger partial charge in [0.05, 0.1) is 9.83 Å². The quantitative estimate of drug-likeness (QED) is 0.370. The predicted octanol–water partition coefficient (Wildman–Crippen LogP) is 5.18. The second-order valence-electron chi connectivity index (χ2n) is 5.45. The number of allylic oxidation sites excluding steroid dienone is 1. The predicted molar refractivity (Wildman–Crippen MR) is 95.4 cm³/mol. The lowest BCUT2D eigenvalue weighted by molar-refractivity contribution is -0.384. The summed E-state index contributed by atoms with van der Waals surface area (Å²) in [5, 5.41) is 10.9. The smallest absolute Gasteiger partial charge is 0.270 e. The number of benzene rings is 2. The molecule has 0 radical (unpaired) electrons. The summed E-state index contributed by atoms with van der Waals surface area (Å²) in [7, 11) is 0. The lowest BCUT2D eigenvalue weighted by atomic mass is 10.1. The Balaban J connectivity index is 1.64. The molecule has 0 unspecified atom stereocenters. The number of nitro benzene ring substituents is 1. The van der Waals surface area contributed by atoms with Crippen LogP contribution in [0.25, 0.3) is 17.4 Å². The molecule has 0 saturated heterocycles. The Hall–Kier alpha value is -3.12. The third kappa shape index (κ3) is 2.88. The molecule has 1 aliphatic heterocycles. The zero-order chi connectivity index (χ0) is 17.4. The van der Waals surface area contributed by atoms with Crippen LogP contribution in [0.5, 0.6) is 0 Å². The van der Waals surface area contributed by atoms with Crippen LogP contribution in [0.3, 0.4) is 0 Å². The first-order valence-electron chi connectivity index (χ1n) is 7.50. The van der Waals surface area contributed by atoms with Crippen molar-refractivity contribution in [2.75, 3.05) is 0 Å². The molecule has 1 aliphatic rings. The van der Waals surface area contributed by atoms with Crippen molar-refractivity contribution in [2.45, 2.75) is 4.90 Å². The highest BCUT2D eigenvalue weighted by molar-refractivity contribution is 8.04. The highest BCUT2D eigenvalue weighted by Gasteiger charge is 2.25. The standard InChI is InChI=1S/C19H11NO4S/c21-19-15-6-1-2-7-17(15)25-18(19)11-14-8-9-16(24-14)12-4-3-5-13(10-12)20(22)23/h1-11H/b18-11-. The van der Waals surface area contributed by atoms with Crippen LogP contribution in [0.15, 0.2) is 74.9 Å². The average Bonchev–Trinajstić information content (AvgIpc) is 3.21. The molecule has 0 amide bonds. The van der Waals surface area contributed by atoms with E-state index in [2.05, 4.69) is 0 Å². The van der Waals surface area contributed by atoms with Gasteiger partial charge < -0.3 is 4.42 Å². The second-order valence-corrected chi connectivity index (χ2v) is 6.53. The van der Waals surface area contributed by atoms with Gasteiger partial charge in [0.25, 0.3) is 5.69 Å². The summed E-state index contributed by atoms with van der Waals surface area (Å²) >= 11 is 1.41. The number of nitrogens with zero attached hydrogens (tertiary/aromatic N) is 1. The molecule has 0 N–H and O–H groups in total. The van der Waals surface area contributed by atoms with Gasteiger partial charge in [-0.15, -0.1) is 0 Å². The number of hydrogen-bond donors (Lipinski definition) is 0. The number of carbonyl (C=O) groups excluding carboxylic acids is 1. The molecule has 122 valence electrons. The van der Waals surface area contributed by atoms with Crippen molar-refractivity contribution >= 4 is 29.3 Å². The van der Waals surface area contributed by atoms with Crippen molar-refractivity contribution in [2.24, 2.45) is 0 Å². The minimum absolute atomic E-state index is 0.00535. The SMILES string of the molecule is O=C1/C(=C/c2ccc(-c3cccc([N+](=O)[O-])c3)o2)Sc2ccccc21. The van der Waals surface area contributed by atoms with Gasteiger partial charge in [-0.25, -0.2) is 0 Å². The van der Waals surface area contributed by atoms with Crippen LogP contribution in [-0.4, -0.2) is 10.7 Å². The zero-order valence-electron chi connectivity index (χ0n) is 12.8. The first kappa shape index (κ1) is 15.4. The van der Waals surface area contributed by atoms with Crippen LogP contribution in [0.4, 0.5) is 5.69 Å². The Morgan fingerprint density at radius 1 is 1.04 bits per heavy atom. The van der Waals surface area contributed by atoms with Crippen LogP contribution in [0.2, 0.25) is 0 Å². The van der Waals surface area contributed by atoms with E-state index >= 15 is 0 Å². The number of nitro groups is 1. The van der Waals surface area contributed by atoms with Gasteiger partial charge in [0.2, 0.25) is 5.78 Å². The van der Waals surface area contributed by atoms with E-state index in [0.29, 0.717) is 27.6 Å². The Morgan fingerprint density at radius 3 is 2.68 bits per heavy atom. The van der Waals surface area contributed by atoms with E-state index in [1.165, 1.54) is 23.9 Å². The molecule has 0 aliphatic carbocycles. The third-order valence-electron chi connectivity index (χ3n) is 3.82. The van der Waals surface area contributed by atoms with Crippen LogP contribution in [0.1, 0.15) is 16.1 Å². The summed E-state index contributed by atoms with van der Waals surface area (Å²) in [6.45, 7) is 0. The molecule has 2 aromatic carbocycles. The van der Waals surface area contributed by atoms with Crippen molar-refractivity contribution in [1.82, 2.24) is 0 Å². The molecular weight excluding hydrogens is 338 g/mol. The number of ketones is 1. The molecule has 0 bridgehead atoms. The zero-order valence-corrected chi connectivity index (χ0v) is 13.7. The normalized spacial score (nSPS) is 14.7. The Bertz CT molecular complexity index is 1040. The van der Waals surface area contributed by atoms with E-state index in [-0.39, 0.29) is 11.5 Å². The maximum absolute atomic E-state index is 12.4. The lowest BCUT2D eigenvalue weighted by Crippen LogP contribution is -1.93. The lowest BCUT2D eigenvalue weighted by Gasteiger charge is -1.97. The highest BCUT2D eigenvalue weighted by atomic mass is 32.2. The van der Waals surface area contributed by atoms with E-state index in [1.54, 1.807) is 30.3 Å². The van der Waals surface area contributed by atoms with Gasteiger partial charge >= 0.3 is 0 Å². The van der Waals surface area contributed by atoms with E-state index in [4.69, 9.17) is 4.42 Å². The summed E-state index contributed by atoms with van der Waals surface area (Å²) in [6.07, 6.45) is 1.70. The fourth-order valence-electron chi connectivity index (χ4n) is 2.62. The highest BCUT2D eigenvalue weighted by Crippen LogP contribution is 2.41. The summed E-state index contributed by atoms with van der Waals surface area (Å²) in [6, 6.07) is 17.2. The fraction of sp³-hybridized carbons (Fsp3) is 0. The maximum atomic E-state index is 12.4. The van der Waals surface area contributed by atoms with Gasteiger partial charge in [-0.05, 0) is 30.3 Å². The van der Waals surface area contributed by atoms with Crippen LogP contribution in [0, 0.1) is 10.1 Å². The molecule has 0 spiro atoms. The van der Waals surface area contributed by atoms with Crippen molar-refractivity contribution in [3.63, 3.8) is 0 Å². The minimum Gasteiger partial charge on any atom is -0.457 e. The van der Waals surface area contributed by atoms with E-state index in [1.807, 2.05) is 24.3 Å². The second kappa shape index (κ2) is 6.07. The van der Waals surface area contributed by atoms with Gasteiger partial charge in [-0.2, -0.15) is 0 Å². The average molecular weight is 349 g/mol. The third-order valence-corrected chi connectivity index (χ3v) is 4.92. The van der Waals surface area contributed by atoms with Crippen molar-refractivity contribution < 1.29 is 14.1 Å². The molecule has 6 heteroatoms. The molecule has 2 heterocycles. The molecule has 0 fully saturated rings. The molecular formula is C19H11NO4S. The Kier molecular flexibility index (Phi) is 3.74. The van der Waals surface area contributed by atoms with Gasteiger partial charge in [0, 0.05) is 28.2 Å². The Morgan fingerprint density at radius 2 is 1.88 bits per heavy atom. The van der Waals surface area contributed by atoms with Crippen molar-refractivity contribution in [1.29, 1.82) is 0 Å². The monoisotopic (exact) mass is 349 g/mol. The molecule has 1 aromatic heterocycles. The number of fused-ring (bicyclic) bond motifs is 1. The van der Waals surface area contributed by atoms with E-state index in [0.717, 1.165) is 4.90 Å². The topological polar surface area (TPSA) is 73.3 Å². The van der Waals surface area contributed by atoms with Gasteiger partial charge in [-0.1, -0.05) is 36.0 Å². The van der Waals surface area contributed by atoms with Gasteiger partial charge in [0.1, 0.15) is 11.5 Å². The minimum atomic E-state index is -0.444. The molecule has 0 atom stereocenters. The number of carbonyl (C=O) groups is 1. The van der Waals surface area contributed by atoms with Gasteiger partial charge in [-0.3, -0.25) is 14.9 Å². The van der Waals surface area contributed by atoms with Crippen LogP contribution >= 0.6 is 11.8 Å². The molecule has 5 nitrogen and oxygen atoms in total. The first-order chi connectivity index (χ1) is 12.1. The molecule has 3 aromatic rings. The molecule has 0 saturated carbocycles. The summed E-state index contributed by atoms with van der Waals surface area (Å²) in [5.41, 5.74) is 1.32. The van der Waals surface area contributed by atoms with Crippen LogP contribution in [-0.2, 0) is 0 Å². The summed E-state index contributed by atoms with van der Waals surface area (Å²) in [5.74, 6) is 1.03. The summed E-state index contributed by atoms with van der Waals surface area (Å²) < 4.78 is 5.75. The van der Waals surface area contributed by atoms with E-state index in [9.17, 15) is 14.9 Å². The number of furan rings is 1. The number of non-ortho nitro benzene ring substituents is 1.